The van der Waals surface area contributed by atoms with E-state index in [-0.39, 0.29) is 47.8 Å². The third-order valence-electron chi connectivity index (χ3n) is 6.27. The van der Waals surface area contributed by atoms with Gasteiger partial charge in [0, 0.05) is 41.4 Å². The second-order valence-corrected chi connectivity index (χ2v) is 12.5. The molecule has 1 unspecified atom stereocenters. The number of ether oxygens (including phenoxy) is 1. The molecule has 3 atom stereocenters. The van der Waals surface area contributed by atoms with Gasteiger partial charge in [-0.1, -0.05) is 66.5 Å². The molecule has 0 saturated heterocycles. The molecule has 0 aliphatic carbocycles. The Bertz CT molecular complexity index is 781. The molecule has 9 nitrogen and oxygen atoms in total. The second kappa shape index (κ2) is 18.7. The van der Waals surface area contributed by atoms with E-state index >= 15 is 0 Å². The van der Waals surface area contributed by atoms with Gasteiger partial charge in [0.2, 0.25) is 5.91 Å². The lowest BCUT2D eigenvalue weighted by atomic mass is 9.83. The van der Waals surface area contributed by atoms with E-state index in [1.54, 1.807) is 20.8 Å². The van der Waals surface area contributed by atoms with Crippen LogP contribution in [0.15, 0.2) is 0 Å². The van der Waals surface area contributed by atoms with Crippen molar-refractivity contribution in [3.8, 4) is 0 Å². The lowest BCUT2D eigenvalue weighted by Crippen LogP contribution is -2.48. The van der Waals surface area contributed by atoms with Crippen LogP contribution < -0.4 is 16.4 Å². The van der Waals surface area contributed by atoms with Gasteiger partial charge in [-0.2, -0.15) is 0 Å². The highest BCUT2D eigenvalue weighted by molar-refractivity contribution is 9.09. The van der Waals surface area contributed by atoms with Crippen LogP contribution in [0.2, 0.25) is 0 Å². The van der Waals surface area contributed by atoms with Crippen LogP contribution in [-0.2, 0) is 23.9 Å². The molecule has 11 heteroatoms. The topological polar surface area (TPSA) is 145 Å². The average Bonchev–Trinajstić information content (AvgIpc) is 2.81. The van der Waals surface area contributed by atoms with Crippen molar-refractivity contribution in [3.63, 3.8) is 0 Å². The van der Waals surface area contributed by atoms with Gasteiger partial charge in [-0.05, 0) is 44.9 Å². The molecule has 0 aromatic rings. The highest BCUT2D eigenvalue weighted by Gasteiger charge is 2.33. The summed E-state index contributed by atoms with van der Waals surface area (Å²) >= 11 is 6.60. The van der Waals surface area contributed by atoms with Crippen molar-refractivity contribution in [2.24, 2.45) is 28.9 Å². The maximum Gasteiger partial charge on any atom is 0.312 e. The van der Waals surface area contributed by atoms with E-state index in [1.807, 2.05) is 20.8 Å². The summed E-state index contributed by atoms with van der Waals surface area (Å²) < 4.78 is 5.46. The van der Waals surface area contributed by atoms with Crippen molar-refractivity contribution in [1.82, 2.24) is 10.6 Å². The van der Waals surface area contributed by atoms with Crippen molar-refractivity contribution in [3.05, 3.63) is 0 Å². The fourth-order valence-corrected chi connectivity index (χ4v) is 5.44. The quantitative estimate of drug-likeness (QED) is 0.104. The van der Waals surface area contributed by atoms with Gasteiger partial charge in [0.15, 0.2) is 5.78 Å². The Kier molecular flexibility index (Phi) is 18.0. The number of urea groups is 1. The molecule has 3 amide bonds. The molecule has 0 aromatic carbocycles. The monoisotopic (exact) mass is 667 g/mol. The number of Topliss-reactive ketones (excluding diaryl/α,β-unsaturated/α-hetero) is 2. The number of esters is 1. The maximum absolute atomic E-state index is 13.2. The van der Waals surface area contributed by atoms with E-state index in [4.69, 9.17) is 10.5 Å². The lowest BCUT2D eigenvalue weighted by Gasteiger charge is -2.28. The number of halogens is 2. The number of nitrogens with one attached hydrogen (secondary N) is 2. The van der Waals surface area contributed by atoms with Crippen LogP contribution >= 0.6 is 31.9 Å². The normalized spacial score (nSPS) is 14.1. The highest BCUT2D eigenvalue weighted by Crippen LogP contribution is 2.22. The number of hydrogen-bond donors (Lipinski definition) is 3. The fourth-order valence-electron chi connectivity index (χ4n) is 3.84. The number of carbonyl (C=O) groups excluding carboxylic acids is 5. The number of nitrogens with two attached hydrogens (primary N) is 1. The predicted molar refractivity (Wildman–Crippen MR) is 156 cm³/mol. The van der Waals surface area contributed by atoms with Crippen LogP contribution in [-0.4, -0.2) is 58.8 Å². The number of amides is 3. The summed E-state index contributed by atoms with van der Waals surface area (Å²) in [7, 11) is 0. The summed E-state index contributed by atoms with van der Waals surface area (Å²) in [6.45, 7) is 11.3. The molecule has 4 N–H and O–H groups in total. The van der Waals surface area contributed by atoms with E-state index in [2.05, 4.69) is 42.5 Å². The van der Waals surface area contributed by atoms with E-state index in [0.717, 1.165) is 6.42 Å². The molecule has 0 radical (unpaired) electrons. The van der Waals surface area contributed by atoms with Crippen molar-refractivity contribution in [2.75, 3.05) is 17.2 Å². The number of carbonyl (C=O) groups is 5. The lowest BCUT2D eigenvalue weighted by molar-refractivity contribution is -0.151. The number of unbranched alkanes of at least 4 members (excludes halogenated alkanes) is 1. The van der Waals surface area contributed by atoms with E-state index < -0.39 is 23.4 Å². The average molecular weight is 669 g/mol. The van der Waals surface area contributed by atoms with Crippen molar-refractivity contribution < 1.29 is 28.7 Å². The van der Waals surface area contributed by atoms with Gasteiger partial charge in [-0.15, -0.1) is 0 Å². The highest BCUT2D eigenvalue weighted by atomic mass is 79.9. The Morgan fingerprint density at radius 3 is 2.03 bits per heavy atom. The minimum Gasteiger partial charge on any atom is -0.462 e. The van der Waals surface area contributed by atoms with Crippen molar-refractivity contribution in [1.29, 1.82) is 0 Å². The first-order valence-electron chi connectivity index (χ1n) is 13.4. The first kappa shape index (κ1) is 36.5. The Hall–Kier alpha value is -1.49. The molecule has 0 aliphatic rings. The first-order valence-corrected chi connectivity index (χ1v) is 15.6. The SMILES string of the molecule is CC(CCCCC(=O)C[C@H](C(=O)N[C@@H](CCCNC(N)=O)C(=O)C(C)(C)C)C(C)C)OC(=O)C(CBr)CBr. The number of alkyl halides is 2. The van der Waals surface area contributed by atoms with E-state index in [1.165, 1.54) is 0 Å². The summed E-state index contributed by atoms with van der Waals surface area (Å²) in [5.41, 5.74) is 4.44. The zero-order chi connectivity index (χ0) is 29.5. The van der Waals surface area contributed by atoms with Crippen LogP contribution in [0.3, 0.4) is 0 Å². The molecule has 0 aromatic heterocycles. The van der Waals surface area contributed by atoms with Crippen LogP contribution in [0.25, 0.3) is 0 Å². The molecule has 0 spiro atoms. The minimum atomic E-state index is -0.716. The molecule has 220 valence electrons. The van der Waals surface area contributed by atoms with Gasteiger partial charge in [-0.25, -0.2) is 4.79 Å². The Labute approximate surface area is 244 Å². The smallest absolute Gasteiger partial charge is 0.312 e. The Morgan fingerprint density at radius 2 is 1.53 bits per heavy atom. The summed E-state index contributed by atoms with van der Waals surface area (Å²) in [4.78, 5) is 61.8. The van der Waals surface area contributed by atoms with Crippen LogP contribution in [0.1, 0.15) is 86.5 Å². The Morgan fingerprint density at radius 1 is 0.921 bits per heavy atom. The second-order valence-electron chi connectivity index (χ2n) is 11.2. The van der Waals surface area contributed by atoms with Gasteiger partial charge in [0.1, 0.15) is 5.78 Å². The standard InChI is InChI=1S/C27H47Br2N3O6/c1-17(2)21(14-20(33)11-8-7-10-18(3)38-25(36)19(15-28)16-29)24(35)32-22(23(34)27(4,5)6)12-9-13-31-26(30)37/h17-19,21-22H,7-16H2,1-6H3,(H,32,35)(H3,30,31,37)/t18?,21-,22-/m0/s1. The summed E-state index contributed by atoms with van der Waals surface area (Å²) in [6.07, 6.45) is 3.07. The minimum absolute atomic E-state index is 0.00787. The third-order valence-corrected chi connectivity index (χ3v) is 7.83. The number of primary amides is 1. The van der Waals surface area contributed by atoms with Gasteiger partial charge in [0.25, 0.3) is 0 Å². The zero-order valence-electron chi connectivity index (χ0n) is 23.7. The molecule has 0 bridgehead atoms. The molecule has 0 aliphatic heterocycles. The fraction of sp³-hybridized carbons (Fsp3) is 0.815. The van der Waals surface area contributed by atoms with Gasteiger partial charge in [0.05, 0.1) is 18.1 Å². The van der Waals surface area contributed by atoms with Crippen LogP contribution in [0.4, 0.5) is 4.79 Å². The first-order chi connectivity index (χ1) is 17.6. The van der Waals surface area contributed by atoms with Crippen LogP contribution in [0.5, 0.6) is 0 Å². The van der Waals surface area contributed by atoms with Gasteiger partial charge >= 0.3 is 12.0 Å². The maximum atomic E-state index is 13.2. The van der Waals surface area contributed by atoms with Crippen LogP contribution in [0, 0.1) is 23.2 Å². The largest absolute Gasteiger partial charge is 0.462 e. The number of ketones is 2. The third kappa shape index (κ3) is 15.2. The molecular formula is C27H47Br2N3O6. The molecule has 0 rings (SSSR count). The predicted octanol–water partition coefficient (Wildman–Crippen LogP) is 4.66. The molecular weight excluding hydrogens is 622 g/mol. The van der Waals surface area contributed by atoms with Gasteiger partial charge < -0.3 is 21.1 Å². The zero-order valence-corrected chi connectivity index (χ0v) is 26.9. The number of hydrogen-bond acceptors (Lipinski definition) is 6. The molecule has 0 saturated carbocycles. The van der Waals surface area contributed by atoms with Crippen molar-refractivity contribution in [2.45, 2.75) is 98.6 Å². The van der Waals surface area contributed by atoms with Crippen molar-refractivity contribution >= 4 is 61.3 Å². The Balaban J connectivity index is 4.88. The van der Waals surface area contributed by atoms with Gasteiger partial charge in [-0.3, -0.25) is 19.2 Å². The van der Waals surface area contributed by atoms with E-state index in [0.29, 0.717) is 49.3 Å². The summed E-state index contributed by atoms with van der Waals surface area (Å²) in [5.74, 6) is -1.54. The molecule has 0 fully saturated rings. The molecule has 38 heavy (non-hydrogen) atoms. The number of rotatable bonds is 19. The summed E-state index contributed by atoms with van der Waals surface area (Å²) in [5, 5.41) is 6.43. The molecule has 0 heterocycles. The summed E-state index contributed by atoms with van der Waals surface area (Å²) in [6, 6.07) is -1.36. The van der Waals surface area contributed by atoms with E-state index in [9.17, 15) is 24.0 Å².